The summed E-state index contributed by atoms with van der Waals surface area (Å²) in [7, 11) is 1.68. The molecule has 0 radical (unpaired) electrons. The molecule has 1 saturated heterocycles. The first-order valence-electron chi connectivity index (χ1n) is 19.1. The lowest BCUT2D eigenvalue weighted by Crippen LogP contribution is -2.60. The van der Waals surface area contributed by atoms with Crippen molar-refractivity contribution in [3.63, 3.8) is 0 Å². The van der Waals surface area contributed by atoms with Crippen molar-refractivity contribution in [1.29, 1.82) is 0 Å². The van der Waals surface area contributed by atoms with Crippen LogP contribution in [0.25, 0.3) is 0 Å². The third-order valence-electron chi connectivity index (χ3n) is 12.2. The molecule has 5 aliphatic rings. The molecule has 0 bridgehead atoms. The van der Waals surface area contributed by atoms with Gasteiger partial charge in [0, 0.05) is 45.8 Å². The van der Waals surface area contributed by atoms with Crippen molar-refractivity contribution < 1.29 is 31.1 Å². The smallest absolute Gasteiger partial charge is 0.353 e. The summed E-state index contributed by atoms with van der Waals surface area (Å²) in [6.45, 7) is 3.15. The van der Waals surface area contributed by atoms with Crippen molar-refractivity contribution in [2.24, 2.45) is 28.7 Å². The number of guanidine groups is 1. The molecule has 0 aromatic rings. The first-order chi connectivity index (χ1) is 22.9. The number of piperazine rings is 1. The molecule has 1 aliphatic heterocycles. The molecule has 276 valence electrons. The quantitative estimate of drug-likeness (QED) is 0.159. The van der Waals surface area contributed by atoms with Crippen molar-refractivity contribution in [2.75, 3.05) is 39.8 Å². The summed E-state index contributed by atoms with van der Waals surface area (Å²) in [5, 5.41) is 3.84. The molecule has 0 aromatic heterocycles. The summed E-state index contributed by atoms with van der Waals surface area (Å²) in [4.78, 5) is 25.8. The average molecular weight is 692 g/mol. The van der Waals surface area contributed by atoms with Crippen LogP contribution < -0.4 is 5.32 Å². The van der Waals surface area contributed by atoms with Gasteiger partial charge in [-0.05, 0) is 76.0 Å². The number of amides is 1. The molecule has 0 spiro atoms. The molecular formula is C36H59F6N5O. The van der Waals surface area contributed by atoms with Gasteiger partial charge in [0.2, 0.25) is 5.91 Å². The molecule has 5 rings (SSSR count). The summed E-state index contributed by atoms with van der Waals surface area (Å²) < 4.78 is 81.5. The molecule has 5 fully saturated rings. The normalized spacial score (nSPS) is 29.1. The molecule has 6 nitrogen and oxygen atoms in total. The Balaban J connectivity index is 1.23. The van der Waals surface area contributed by atoms with E-state index in [1.807, 2.05) is 0 Å². The van der Waals surface area contributed by atoms with Gasteiger partial charge in [0.25, 0.3) is 0 Å². The molecule has 4 saturated carbocycles. The zero-order valence-electron chi connectivity index (χ0n) is 29.0. The Morgan fingerprint density at radius 1 is 0.750 bits per heavy atom. The van der Waals surface area contributed by atoms with Gasteiger partial charge in [-0.3, -0.25) is 9.69 Å². The summed E-state index contributed by atoms with van der Waals surface area (Å²) in [5.41, 5.74) is 0. The van der Waals surface area contributed by atoms with Crippen molar-refractivity contribution >= 4 is 11.9 Å². The molecule has 4 aliphatic carbocycles. The van der Waals surface area contributed by atoms with Crippen molar-refractivity contribution in [2.45, 2.75) is 152 Å². The van der Waals surface area contributed by atoms with Crippen LogP contribution in [0, 0.1) is 23.7 Å². The Morgan fingerprint density at radius 3 is 1.81 bits per heavy atom. The highest BCUT2D eigenvalue weighted by Crippen LogP contribution is 2.48. The molecule has 0 aromatic carbocycles. The Kier molecular flexibility index (Phi) is 13.3. The molecule has 3 atom stereocenters. The van der Waals surface area contributed by atoms with Gasteiger partial charge in [0.15, 0.2) is 5.96 Å². The van der Waals surface area contributed by atoms with Crippen LogP contribution in [0.5, 0.6) is 0 Å². The standard InChI is InChI=1S/C36H59F6N5O/c1-45(18-17-26-23-28(35(37,38)39)25-29(24-26)36(40,41)42)33(48)32(27-11-5-2-6-12-27)46-19-21-47(22-20-46)34(43-30-13-7-3-8-14-30)44-31-15-9-4-10-16-31/h26-32H,2-25H2,1H3,(H,43,44). The molecule has 3 unspecified atom stereocenters. The Hall–Kier alpha value is -1.72. The van der Waals surface area contributed by atoms with E-state index in [-0.39, 0.29) is 43.7 Å². The summed E-state index contributed by atoms with van der Waals surface area (Å²) in [6.07, 6.45) is 6.70. The Bertz CT molecular complexity index is 1000. The lowest BCUT2D eigenvalue weighted by atomic mass is 9.73. The van der Waals surface area contributed by atoms with Crippen LogP contribution in [0.15, 0.2) is 4.99 Å². The lowest BCUT2D eigenvalue weighted by molar-refractivity contribution is -0.229. The van der Waals surface area contributed by atoms with E-state index >= 15 is 0 Å². The fourth-order valence-corrected chi connectivity index (χ4v) is 9.26. The number of carbonyl (C=O) groups excluding carboxylic acids is 1. The zero-order valence-corrected chi connectivity index (χ0v) is 29.0. The number of halogens is 6. The van der Waals surface area contributed by atoms with Crippen LogP contribution in [-0.4, -0.2) is 96.8 Å². The van der Waals surface area contributed by atoms with Gasteiger partial charge in [0.1, 0.15) is 0 Å². The molecule has 48 heavy (non-hydrogen) atoms. The van der Waals surface area contributed by atoms with E-state index in [9.17, 15) is 31.1 Å². The van der Waals surface area contributed by atoms with Gasteiger partial charge >= 0.3 is 12.4 Å². The topological polar surface area (TPSA) is 51.2 Å². The minimum Gasteiger partial charge on any atom is -0.353 e. The van der Waals surface area contributed by atoms with E-state index < -0.39 is 36.5 Å². The molecule has 12 heteroatoms. The summed E-state index contributed by atoms with van der Waals surface area (Å²) in [5.74, 6) is -3.43. The van der Waals surface area contributed by atoms with E-state index in [0.717, 1.165) is 77.1 Å². The zero-order chi connectivity index (χ0) is 34.3. The number of alkyl halides is 6. The largest absolute Gasteiger partial charge is 0.391 e. The SMILES string of the molecule is CN(CCC1CC(C(F)(F)F)CC(C(F)(F)F)C1)C(=O)C(C1CCCCC1)N1CCN(C(=NC2CCCCC2)NC2CCCCC2)CC1. The van der Waals surface area contributed by atoms with Crippen LogP contribution in [0.3, 0.4) is 0 Å². The van der Waals surface area contributed by atoms with Gasteiger partial charge < -0.3 is 15.1 Å². The van der Waals surface area contributed by atoms with Gasteiger partial charge in [-0.1, -0.05) is 57.8 Å². The second-order valence-electron chi connectivity index (χ2n) is 15.7. The Morgan fingerprint density at radius 2 is 1.27 bits per heavy atom. The van der Waals surface area contributed by atoms with E-state index in [2.05, 4.69) is 15.1 Å². The maximum absolute atomic E-state index is 14.2. The maximum atomic E-state index is 14.2. The minimum atomic E-state index is -4.65. The highest BCUT2D eigenvalue weighted by molar-refractivity contribution is 5.82. The third-order valence-corrected chi connectivity index (χ3v) is 12.2. The third kappa shape index (κ3) is 10.4. The highest BCUT2D eigenvalue weighted by Gasteiger charge is 2.51. The first kappa shape index (κ1) is 37.5. The maximum Gasteiger partial charge on any atom is 0.391 e. The molecule has 1 N–H and O–H groups in total. The van der Waals surface area contributed by atoms with E-state index in [1.54, 1.807) is 11.9 Å². The van der Waals surface area contributed by atoms with Gasteiger partial charge in [-0.15, -0.1) is 0 Å². The summed E-state index contributed by atoms with van der Waals surface area (Å²) in [6, 6.07) is 0.487. The highest BCUT2D eigenvalue weighted by atomic mass is 19.4. The van der Waals surface area contributed by atoms with E-state index in [0.29, 0.717) is 12.1 Å². The van der Waals surface area contributed by atoms with Crippen molar-refractivity contribution in [1.82, 2.24) is 20.0 Å². The van der Waals surface area contributed by atoms with Crippen LogP contribution in [-0.2, 0) is 4.79 Å². The van der Waals surface area contributed by atoms with E-state index in [4.69, 9.17) is 4.99 Å². The first-order valence-corrected chi connectivity index (χ1v) is 19.1. The van der Waals surface area contributed by atoms with Crippen LogP contribution in [0.2, 0.25) is 0 Å². The Labute approximate surface area is 283 Å². The minimum absolute atomic E-state index is 0.0395. The number of carbonyl (C=O) groups is 1. The number of aliphatic imine (C=N–C) groups is 1. The predicted octanol–water partition coefficient (Wildman–Crippen LogP) is 8.17. The molecule has 1 heterocycles. The molecular weight excluding hydrogens is 632 g/mol. The lowest BCUT2D eigenvalue weighted by Gasteiger charge is -2.45. The van der Waals surface area contributed by atoms with Crippen LogP contribution >= 0.6 is 0 Å². The van der Waals surface area contributed by atoms with Gasteiger partial charge in [-0.25, -0.2) is 4.99 Å². The number of rotatable bonds is 8. The van der Waals surface area contributed by atoms with Gasteiger partial charge in [-0.2, -0.15) is 26.3 Å². The average Bonchev–Trinajstić information content (AvgIpc) is 3.08. The number of likely N-dealkylation sites (N-methyl/N-ethyl adjacent to an activating group) is 1. The van der Waals surface area contributed by atoms with Crippen molar-refractivity contribution in [3.05, 3.63) is 0 Å². The second-order valence-corrected chi connectivity index (χ2v) is 15.7. The number of hydrogen-bond acceptors (Lipinski definition) is 3. The van der Waals surface area contributed by atoms with Crippen LogP contribution in [0.4, 0.5) is 26.3 Å². The number of nitrogens with zero attached hydrogens (tertiary/aromatic N) is 4. The van der Waals surface area contributed by atoms with E-state index in [1.165, 1.54) is 51.4 Å². The van der Waals surface area contributed by atoms with Crippen LogP contribution in [0.1, 0.15) is 122 Å². The van der Waals surface area contributed by atoms with Gasteiger partial charge in [0.05, 0.1) is 23.9 Å². The fraction of sp³-hybridized carbons (Fsp3) is 0.944. The second kappa shape index (κ2) is 17.0. The van der Waals surface area contributed by atoms with Crippen molar-refractivity contribution in [3.8, 4) is 0 Å². The fourth-order valence-electron chi connectivity index (χ4n) is 9.26. The monoisotopic (exact) mass is 691 g/mol. The number of hydrogen-bond donors (Lipinski definition) is 1. The predicted molar refractivity (Wildman–Crippen MR) is 177 cm³/mol. The number of nitrogens with one attached hydrogen (secondary N) is 1. The summed E-state index contributed by atoms with van der Waals surface area (Å²) >= 11 is 0. The molecule has 1 amide bonds.